The molecule has 1 heterocycles. The number of carbonyl (C=O) groups is 1. The van der Waals surface area contributed by atoms with Crippen molar-refractivity contribution in [3.05, 3.63) is 46.1 Å². The highest BCUT2D eigenvalue weighted by Gasteiger charge is 2.25. The van der Waals surface area contributed by atoms with E-state index in [1.165, 1.54) is 19.1 Å². The molecule has 1 saturated carbocycles. The molecule has 5 heteroatoms. The number of rotatable bonds is 4. The normalized spacial score (nSPS) is 14.2. The molecule has 0 aliphatic heterocycles. The SMILES string of the molecule is Cc1cc(Br)ccc1N(C)C(=O)c1coc(CC2CC2)n1. The van der Waals surface area contributed by atoms with Gasteiger partial charge >= 0.3 is 0 Å². The average molecular weight is 349 g/mol. The molecule has 1 aliphatic carbocycles. The number of hydrogen-bond acceptors (Lipinski definition) is 3. The van der Waals surface area contributed by atoms with Gasteiger partial charge in [-0.05, 0) is 49.4 Å². The molecule has 1 amide bonds. The summed E-state index contributed by atoms with van der Waals surface area (Å²) in [5.41, 5.74) is 2.27. The molecular weight excluding hydrogens is 332 g/mol. The Morgan fingerprint density at radius 3 is 2.90 bits per heavy atom. The Labute approximate surface area is 132 Å². The van der Waals surface area contributed by atoms with Crippen molar-refractivity contribution < 1.29 is 9.21 Å². The Hall–Kier alpha value is -1.62. The topological polar surface area (TPSA) is 46.3 Å². The highest BCUT2D eigenvalue weighted by atomic mass is 79.9. The van der Waals surface area contributed by atoms with Crippen molar-refractivity contribution in [2.75, 3.05) is 11.9 Å². The minimum atomic E-state index is -0.147. The molecule has 0 bridgehead atoms. The second-order valence-corrected chi connectivity index (χ2v) is 6.48. The molecule has 0 spiro atoms. The fraction of sp³-hybridized carbons (Fsp3) is 0.375. The van der Waals surface area contributed by atoms with E-state index in [2.05, 4.69) is 20.9 Å². The van der Waals surface area contributed by atoms with Crippen LogP contribution in [0.1, 0.15) is 34.8 Å². The van der Waals surface area contributed by atoms with Gasteiger partial charge in [-0.25, -0.2) is 4.98 Å². The lowest BCUT2D eigenvalue weighted by atomic mass is 10.2. The van der Waals surface area contributed by atoms with Gasteiger partial charge in [-0.15, -0.1) is 0 Å². The summed E-state index contributed by atoms with van der Waals surface area (Å²) in [6, 6.07) is 5.83. The van der Waals surface area contributed by atoms with Crippen molar-refractivity contribution >= 4 is 27.5 Å². The molecule has 2 aromatic rings. The zero-order valence-electron chi connectivity index (χ0n) is 12.1. The van der Waals surface area contributed by atoms with E-state index in [1.54, 1.807) is 11.9 Å². The van der Waals surface area contributed by atoms with E-state index in [-0.39, 0.29) is 5.91 Å². The monoisotopic (exact) mass is 348 g/mol. The summed E-state index contributed by atoms with van der Waals surface area (Å²) < 4.78 is 6.40. The lowest BCUT2D eigenvalue weighted by molar-refractivity contribution is 0.0988. The Bertz CT molecular complexity index is 677. The van der Waals surface area contributed by atoms with E-state index < -0.39 is 0 Å². The third-order valence-corrected chi connectivity index (χ3v) is 4.25. The first-order valence-corrected chi connectivity index (χ1v) is 7.82. The number of oxazole rings is 1. The summed E-state index contributed by atoms with van der Waals surface area (Å²) in [5, 5.41) is 0. The van der Waals surface area contributed by atoms with Gasteiger partial charge in [-0.1, -0.05) is 15.9 Å². The molecule has 0 radical (unpaired) electrons. The molecular formula is C16H17BrN2O2. The van der Waals surface area contributed by atoms with Crippen LogP contribution in [0.25, 0.3) is 0 Å². The number of halogens is 1. The summed E-state index contributed by atoms with van der Waals surface area (Å²) in [4.78, 5) is 18.4. The lowest BCUT2D eigenvalue weighted by Crippen LogP contribution is -2.27. The number of aryl methyl sites for hydroxylation is 1. The van der Waals surface area contributed by atoms with Crippen molar-refractivity contribution in [2.24, 2.45) is 5.92 Å². The second kappa shape index (κ2) is 5.64. The molecule has 0 unspecified atom stereocenters. The van der Waals surface area contributed by atoms with Gasteiger partial charge in [-0.2, -0.15) is 0 Å². The predicted molar refractivity (Wildman–Crippen MR) is 84.5 cm³/mol. The molecule has 1 aliphatic rings. The maximum atomic E-state index is 12.5. The zero-order chi connectivity index (χ0) is 15.0. The van der Waals surface area contributed by atoms with E-state index in [0.29, 0.717) is 17.5 Å². The summed E-state index contributed by atoms with van der Waals surface area (Å²) >= 11 is 3.43. The number of hydrogen-bond donors (Lipinski definition) is 0. The van der Waals surface area contributed by atoms with Gasteiger partial charge in [0.2, 0.25) is 0 Å². The predicted octanol–water partition coefficient (Wildman–Crippen LogP) is 3.97. The molecule has 3 rings (SSSR count). The third kappa shape index (κ3) is 3.18. The number of anilines is 1. The van der Waals surface area contributed by atoms with Crippen LogP contribution >= 0.6 is 15.9 Å². The molecule has 0 saturated heterocycles. The van der Waals surface area contributed by atoms with Gasteiger partial charge in [0, 0.05) is 23.6 Å². The van der Waals surface area contributed by atoms with Crippen LogP contribution in [0.3, 0.4) is 0 Å². The molecule has 1 aromatic carbocycles. The number of aromatic nitrogens is 1. The van der Waals surface area contributed by atoms with E-state index in [9.17, 15) is 4.79 Å². The number of amides is 1. The largest absolute Gasteiger partial charge is 0.448 e. The summed E-state index contributed by atoms with van der Waals surface area (Å²) in [5.74, 6) is 1.21. The maximum absolute atomic E-state index is 12.5. The van der Waals surface area contributed by atoms with Crippen LogP contribution in [0.2, 0.25) is 0 Å². The molecule has 1 fully saturated rings. The van der Waals surface area contributed by atoms with E-state index in [0.717, 1.165) is 22.1 Å². The summed E-state index contributed by atoms with van der Waals surface area (Å²) in [6.45, 7) is 1.98. The highest BCUT2D eigenvalue weighted by Crippen LogP contribution is 2.32. The van der Waals surface area contributed by atoms with Crippen LogP contribution in [0.5, 0.6) is 0 Å². The lowest BCUT2D eigenvalue weighted by Gasteiger charge is -2.18. The van der Waals surface area contributed by atoms with Crippen LogP contribution < -0.4 is 4.90 Å². The van der Waals surface area contributed by atoms with Crippen molar-refractivity contribution in [1.82, 2.24) is 4.98 Å². The van der Waals surface area contributed by atoms with Crippen molar-refractivity contribution in [1.29, 1.82) is 0 Å². The van der Waals surface area contributed by atoms with Crippen molar-refractivity contribution in [3.63, 3.8) is 0 Å². The maximum Gasteiger partial charge on any atom is 0.279 e. The van der Waals surface area contributed by atoms with Gasteiger partial charge < -0.3 is 9.32 Å². The molecule has 110 valence electrons. The molecule has 1 aromatic heterocycles. The van der Waals surface area contributed by atoms with Gasteiger partial charge in [0.25, 0.3) is 5.91 Å². The van der Waals surface area contributed by atoms with Crippen LogP contribution in [0.15, 0.2) is 33.4 Å². The van der Waals surface area contributed by atoms with Crippen molar-refractivity contribution in [2.45, 2.75) is 26.2 Å². The van der Waals surface area contributed by atoms with E-state index in [4.69, 9.17) is 4.42 Å². The first-order chi connectivity index (χ1) is 10.0. The van der Waals surface area contributed by atoms with E-state index in [1.807, 2.05) is 25.1 Å². The molecule has 21 heavy (non-hydrogen) atoms. The van der Waals surface area contributed by atoms with Crippen LogP contribution in [-0.2, 0) is 6.42 Å². The Kier molecular flexibility index (Phi) is 3.85. The van der Waals surface area contributed by atoms with Crippen molar-refractivity contribution in [3.8, 4) is 0 Å². The minimum absolute atomic E-state index is 0.147. The number of carbonyl (C=O) groups excluding carboxylic acids is 1. The molecule has 0 atom stereocenters. The molecule has 0 N–H and O–H groups in total. The van der Waals surface area contributed by atoms with E-state index >= 15 is 0 Å². The highest BCUT2D eigenvalue weighted by molar-refractivity contribution is 9.10. The van der Waals surface area contributed by atoms with Gasteiger partial charge in [-0.3, -0.25) is 4.79 Å². The van der Waals surface area contributed by atoms with Gasteiger partial charge in [0.05, 0.1) is 0 Å². The first-order valence-electron chi connectivity index (χ1n) is 7.03. The Morgan fingerprint density at radius 1 is 1.48 bits per heavy atom. The number of benzene rings is 1. The zero-order valence-corrected chi connectivity index (χ0v) is 13.7. The van der Waals surface area contributed by atoms with Crippen LogP contribution in [-0.4, -0.2) is 17.9 Å². The first kappa shape index (κ1) is 14.3. The quantitative estimate of drug-likeness (QED) is 0.839. The smallest absolute Gasteiger partial charge is 0.279 e. The molecule has 4 nitrogen and oxygen atoms in total. The fourth-order valence-corrected chi connectivity index (χ4v) is 2.82. The third-order valence-electron chi connectivity index (χ3n) is 3.76. The van der Waals surface area contributed by atoms with Gasteiger partial charge in [0.1, 0.15) is 6.26 Å². The summed E-state index contributed by atoms with van der Waals surface area (Å²) in [6.07, 6.45) is 4.78. The van der Waals surface area contributed by atoms with Gasteiger partial charge in [0.15, 0.2) is 11.6 Å². The second-order valence-electron chi connectivity index (χ2n) is 5.57. The van der Waals surface area contributed by atoms with Crippen LogP contribution in [0.4, 0.5) is 5.69 Å². The average Bonchev–Trinajstić information content (AvgIpc) is 3.13. The number of nitrogens with zero attached hydrogens (tertiary/aromatic N) is 2. The van der Waals surface area contributed by atoms with Crippen LogP contribution in [0, 0.1) is 12.8 Å². The summed E-state index contributed by atoms with van der Waals surface area (Å²) in [7, 11) is 1.76. The standard InChI is InChI=1S/C16H17BrN2O2/c1-10-7-12(17)5-6-14(10)19(2)16(20)13-9-21-15(18-13)8-11-3-4-11/h5-7,9,11H,3-4,8H2,1-2H3. The Balaban J connectivity index is 1.78. The minimum Gasteiger partial charge on any atom is -0.448 e. The fourth-order valence-electron chi connectivity index (χ4n) is 2.35. The Morgan fingerprint density at radius 2 is 2.24 bits per heavy atom.